The molecule has 0 bridgehead atoms. The Kier molecular flexibility index (Phi) is 5.80. The maximum absolute atomic E-state index is 12.3. The largest absolute Gasteiger partial charge is 0.473 e. The van der Waals surface area contributed by atoms with Crippen LogP contribution in [-0.4, -0.2) is 27.3 Å². The number of H-pyrrole nitrogens is 1. The van der Waals surface area contributed by atoms with Crippen molar-refractivity contribution < 1.29 is 9.53 Å². The van der Waals surface area contributed by atoms with Crippen LogP contribution in [0.5, 0.6) is 5.88 Å². The minimum atomic E-state index is -0.330. The highest BCUT2D eigenvalue weighted by molar-refractivity contribution is 5.92. The van der Waals surface area contributed by atoms with Gasteiger partial charge in [0.05, 0.1) is 23.0 Å². The second-order valence-corrected chi connectivity index (χ2v) is 7.60. The molecule has 0 aliphatic heterocycles. The standard InChI is InChI=1S/C22H24N6O2/c1-14(16-5-3-2-4-6-16)25-22(29)26-20-11-19-18(13-24-20)21(28-27-19)30-17-9-7-15(12-23)8-10-17/h2-6,11,13-15,17H,7-10H2,1H3,(H,27,28)(H2,24,25,26,29). The van der Waals surface area contributed by atoms with Crippen LogP contribution in [0.3, 0.4) is 0 Å². The van der Waals surface area contributed by atoms with E-state index in [9.17, 15) is 4.79 Å². The first kappa shape index (κ1) is 19.7. The summed E-state index contributed by atoms with van der Waals surface area (Å²) >= 11 is 0. The van der Waals surface area contributed by atoms with Crippen LogP contribution in [0.15, 0.2) is 42.6 Å². The summed E-state index contributed by atoms with van der Waals surface area (Å²) in [6.07, 6.45) is 5.10. The number of ether oxygens (including phenoxy) is 1. The maximum Gasteiger partial charge on any atom is 0.320 e. The van der Waals surface area contributed by atoms with E-state index in [-0.39, 0.29) is 24.1 Å². The third-order valence-corrected chi connectivity index (χ3v) is 5.44. The van der Waals surface area contributed by atoms with E-state index in [0.29, 0.717) is 11.7 Å². The molecule has 4 rings (SSSR count). The maximum atomic E-state index is 12.3. The van der Waals surface area contributed by atoms with Crippen LogP contribution in [-0.2, 0) is 0 Å². The SMILES string of the molecule is CC(NC(=O)Nc1cc2[nH]nc(OC3CCC(C#N)CC3)c2cn1)c1ccccc1. The van der Waals surface area contributed by atoms with Gasteiger partial charge in [-0.3, -0.25) is 10.4 Å². The number of nitrogens with zero attached hydrogens (tertiary/aromatic N) is 3. The molecule has 1 fully saturated rings. The van der Waals surface area contributed by atoms with Crippen LogP contribution in [0.2, 0.25) is 0 Å². The third-order valence-electron chi connectivity index (χ3n) is 5.44. The van der Waals surface area contributed by atoms with Gasteiger partial charge in [0.15, 0.2) is 0 Å². The van der Waals surface area contributed by atoms with Crippen LogP contribution in [0.4, 0.5) is 10.6 Å². The third kappa shape index (κ3) is 4.51. The van der Waals surface area contributed by atoms with Crippen LogP contribution in [0.25, 0.3) is 10.9 Å². The van der Waals surface area contributed by atoms with E-state index >= 15 is 0 Å². The first-order valence-corrected chi connectivity index (χ1v) is 10.1. The Bertz CT molecular complexity index is 1050. The summed E-state index contributed by atoms with van der Waals surface area (Å²) in [4.78, 5) is 16.6. The van der Waals surface area contributed by atoms with Gasteiger partial charge in [-0.25, -0.2) is 9.78 Å². The molecular formula is C22H24N6O2. The van der Waals surface area contributed by atoms with Gasteiger partial charge in [0, 0.05) is 18.2 Å². The summed E-state index contributed by atoms with van der Waals surface area (Å²) in [7, 11) is 0. The number of carbonyl (C=O) groups excluding carboxylic acids is 1. The summed E-state index contributed by atoms with van der Waals surface area (Å²) in [5.74, 6) is 1.06. The van der Waals surface area contributed by atoms with Crippen molar-refractivity contribution in [2.45, 2.75) is 44.8 Å². The number of nitriles is 1. The van der Waals surface area contributed by atoms with Crippen molar-refractivity contribution >= 4 is 22.8 Å². The zero-order valence-electron chi connectivity index (χ0n) is 16.8. The van der Waals surface area contributed by atoms with Crippen molar-refractivity contribution in [1.29, 1.82) is 5.26 Å². The average Bonchev–Trinajstić information content (AvgIpc) is 3.16. The molecule has 2 aromatic heterocycles. The summed E-state index contributed by atoms with van der Waals surface area (Å²) in [6, 6.07) is 13.4. The van der Waals surface area contributed by atoms with E-state index in [4.69, 9.17) is 10.00 Å². The van der Waals surface area contributed by atoms with Crippen LogP contribution in [0, 0.1) is 17.2 Å². The van der Waals surface area contributed by atoms with Crippen LogP contribution >= 0.6 is 0 Å². The molecule has 0 radical (unpaired) electrons. The van der Waals surface area contributed by atoms with Crippen molar-refractivity contribution in [1.82, 2.24) is 20.5 Å². The Balaban J connectivity index is 1.37. The number of hydrogen-bond donors (Lipinski definition) is 3. The molecule has 2 amide bonds. The highest BCUT2D eigenvalue weighted by atomic mass is 16.5. The Morgan fingerprint density at radius 1 is 1.27 bits per heavy atom. The molecule has 30 heavy (non-hydrogen) atoms. The van der Waals surface area contributed by atoms with Crippen molar-refractivity contribution in [2.24, 2.45) is 5.92 Å². The number of hydrogen-bond acceptors (Lipinski definition) is 5. The van der Waals surface area contributed by atoms with Gasteiger partial charge in [-0.15, -0.1) is 5.10 Å². The van der Waals surface area contributed by atoms with Gasteiger partial charge in [0.25, 0.3) is 0 Å². The molecule has 8 heteroatoms. The topological polar surface area (TPSA) is 116 Å². The second-order valence-electron chi connectivity index (χ2n) is 7.60. The first-order valence-electron chi connectivity index (χ1n) is 10.1. The number of anilines is 1. The molecule has 8 nitrogen and oxygen atoms in total. The Hall–Kier alpha value is -3.60. The van der Waals surface area contributed by atoms with Gasteiger partial charge in [-0.1, -0.05) is 30.3 Å². The minimum absolute atomic E-state index is 0.0594. The average molecular weight is 404 g/mol. The molecule has 0 saturated heterocycles. The zero-order chi connectivity index (χ0) is 20.9. The van der Waals surface area contributed by atoms with Gasteiger partial charge >= 0.3 is 6.03 Å². The smallest absolute Gasteiger partial charge is 0.320 e. The molecule has 1 saturated carbocycles. The molecule has 1 unspecified atom stereocenters. The summed E-state index contributed by atoms with van der Waals surface area (Å²) < 4.78 is 6.03. The lowest BCUT2D eigenvalue weighted by molar-refractivity contribution is 0.138. The Morgan fingerprint density at radius 2 is 2.03 bits per heavy atom. The fourth-order valence-corrected chi connectivity index (χ4v) is 3.69. The fraction of sp³-hybridized carbons (Fsp3) is 0.364. The van der Waals surface area contributed by atoms with E-state index in [1.165, 1.54) is 0 Å². The number of carbonyl (C=O) groups is 1. The van der Waals surface area contributed by atoms with Gasteiger partial charge in [-0.2, -0.15) is 5.26 Å². The quantitative estimate of drug-likeness (QED) is 0.586. The molecule has 1 atom stereocenters. The van der Waals surface area contributed by atoms with Gasteiger partial charge in [-0.05, 0) is 38.2 Å². The minimum Gasteiger partial charge on any atom is -0.473 e. The molecule has 154 valence electrons. The van der Waals surface area contributed by atoms with Crippen molar-refractivity contribution in [2.75, 3.05) is 5.32 Å². The van der Waals surface area contributed by atoms with E-state index in [1.807, 2.05) is 37.3 Å². The molecule has 2 heterocycles. The number of aromatic nitrogens is 3. The van der Waals surface area contributed by atoms with Gasteiger partial charge < -0.3 is 10.1 Å². The summed E-state index contributed by atoms with van der Waals surface area (Å²) in [5, 5.41) is 22.6. The molecule has 1 aliphatic rings. The fourth-order valence-electron chi connectivity index (χ4n) is 3.69. The number of urea groups is 1. The number of aromatic amines is 1. The summed E-state index contributed by atoms with van der Waals surface area (Å²) in [6.45, 7) is 1.92. The molecule has 1 aliphatic carbocycles. The monoisotopic (exact) mass is 404 g/mol. The van der Waals surface area contributed by atoms with Crippen molar-refractivity contribution in [3.8, 4) is 11.9 Å². The van der Waals surface area contributed by atoms with Crippen molar-refractivity contribution in [3.05, 3.63) is 48.2 Å². The lowest BCUT2D eigenvalue weighted by Gasteiger charge is -2.24. The first-order chi connectivity index (χ1) is 14.6. The number of amides is 2. The number of pyridine rings is 1. The molecule has 0 spiro atoms. The zero-order valence-corrected chi connectivity index (χ0v) is 16.8. The van der Waals surface area contributed by atoms with Crippen LogP contribution in [0.1, 0.15) is 44.2 Å². The van der Waals surface area contributed by atoms with E-state index in [1.54, 1.807) is 12.3 Å². The van der Waals surface area contributed by atoms with E-state index < -0.39 is 0 Å². The Morgan fingerprint density at radius 3 is 2.77 bits per heavy atom. The number of nitrogens with one attached hydrogen (secondary N) is 3. The lowest BCUT2D eigenvalue weighted by atomic mass is 9.88. The Labute approximate surface area is 174 Å². The molecule has 3 N–H and O–H groups in total. The summed E-state index contributed by atoms with van der Waals surface area (Å²) in [5.41, 5.74) is 1.76. The molecule has 1 aromatic carbocycles. The van der Waals surface area contributed by atoms with E-state index in [0.717, 1.165) is 42.1 Å². The van der Waals surface area contributed by atoms with Gasteiger partial charge in [0.1, 0.15) is 11.9 Å². The van der Waals surface area contributed by atoms with Gasteiger partial charge in [0.2, 0.25) is 5.88 Å². The lowest BCUT2D eigenvalue weighted by Crippen LogP contribution is -2.31. The van der Waals surface area contributed by atoms with E-state index in [2.05, 4.69) is 31.9 Å². The second kappa shape index (κ2) is 8.82. The molecular weight excluding hydrogens is 380 g/mol. The predicted molar refractivity (Wildman–Crippen MR) is 113 cm³/mol. The number of rotatable bonds is 5. The molecule has 3 aromatic rings. The predicted octanol–water partition coefficient (Wildman–Crippen LogP) is 4.30. The highest BCUT2D eigenvalue weighted by Crippen LogP contribution is 2.30. The number of benzene rings is 1. The highest BCUT2D eigenvalue weighted by Gasteiger charge is 2.23. The van der Waals surface area contributed by atoms with Crippen molar-refractivity contribution in [3.63, 3.8) is 0 Å². The normalized spacial score (nSPS) is 19.6. The van der Waals surface area contributed by atoms with Crippen LogP contribution < -0.4 is 15.4 Å². The number of fused-ring (bicyclic) bond motifs is 1.